The summed E-state index contributed by atoms with van der Waals surface area (Å²) in [5, 5.41) is 0. The van der Waals surface area contributed by atoms with Crippen molar-refractivity contribution < 1.29 is 4.74 Å². The van der Waals surface area contributed by atoms with Crippen LogP contribution in [0.15, 0.2) is 24.5 Å². The van der Waals surface area contributed by atoms with Crippen LogP contribution in [-0.4, -0.2) is 15.5 Å². The van der Waals surface area contributed by atoms with Crippen molar-refractivity contribution in [2.45, 2.75) is 18.9 Å². The molecule has 0 radical (unpaired) electrons. The van der Waals surface area contributed by atoms with Crippen LogP contribution in [0.3, 0.4) is 0 Å². The van der Waals surface area contributed by atoms with Gasteiger partial charge in [0.2, 0.25) is 0 Å². The highest BCUT2D eigenvalue weighted by Crippen LogP contribution is 2.27. The number of ether oxygens (including phenoxy) is 1. The summed E-state index contributed by atoms with van der Waals surface area (Å²) >= 11 is 2.26. The molecule has 14 heavy (non-hydrogen) atoms. The third kappa shape index (κ3) is 1.47. The zero-order chi connectivity index (χ0) is 9.54. The van der Waals surface area contributed by atoms with Crippen molar-refractivity contribution in [3.8, 4) is 5.75 Å². The highest BCUT2D eigenvalue weighted by Gasteiger charge is 2.23. The Hall–Kier alpha value is -0.780. The Morgan fingerprint density at radius 3 is 3.07 bits per heavy atom. The van der Waals surface area contributed by atoms with Crippen LogP contribution in [0.25, 0.3) is 5.65 Å². The van der Waals surface area contributed by atoms with Gasteiger partial charge in [-0.2, -0.15) is 0 Å². The highest BCUT2D eigenvalue weighted by atomic mass is 127. The van der Waals surface area contributed by atoms with Gasteiger partial charge in [-0.1, -0.05) is 0 Å². The van der Waals surface area contributed by atoms with Gasteiger partial charge in [0.1, 0.15) is 15.1 Å². The van der Waals surface area contributed by atoms with Crippen molar-refractivity contribution in [3.05, 3.63) is 28.2 Å². The van der Waals surface area contributed by atoms with Gasteiger partial charge in [-0.25, -0.2) is 4.98 Å². The number of pyridine rings is 1. The molecule has 3 rings (SSSR count). The van der Waals surface area contributed by atoms with E-state index in [0.29, 0.717) is 6.10 Å². The van der Waals surface area contributed by atoms with Crippen LogP contribution in [0.2, 0.25) is 0 Å². The summed E-state index contributed by atoms with van der Waals surface area (Å²) in [5.41, 5.74) is 0.970. The minimum Gasteiger partial charge on any atom is -0.489 e. The van der Waals surface area contributed by atoms with E-state index in [4.69, 9.17) is 4.74 Å². The van der Waals surface area contributed by atoms with Crippen molar-refractivity contribution in [2.75, 3.05) is 0 Å². The molecule has 1 aliphatic carbocycles. The molecule has 72 valence electrons. The van der Waals surface area contributed by atoms with Crippen LogP contribution in [0, 0.1) is 3.70 Å². The second-order valence-corrected chi connectivity index (χ2v) is 4.60. The predicted molar refractivity (Wildman–Crippen MR) is 61.6 cm³/mol. The van der Waals surface area contributed by atoms with Gasteiger partial charge in [-0.05, 0) is 47.6 Å². The van der Waals surface area contributed by atoms with Crippen molar-refractivity contribution in [3.63, 3.8) is 0 Å². The van der Waals surface area contributed by atoms with Gasteiger partial charge in [0.25, 0.3) is 0 Å². The van der Waals surface area contributed by atoms with Crippen molar-refractivity contribution in [2.24, 2.45) is 0 Å². The third-order valence-corrected chi connectivity index (χ3v) is 3.06. The Bertz CT molecular complexity index is 476. The number of hydrogen-bond donors (Lipinski definition) is 0. The number of hydrogen-bond acceptors (Lipinski definition) is 2. The summed E-state index contributed by atoms with van der Waals surface area (Å²) in [6.45, 7) is 0. The van der Waals surface area contributed by atoms with Gasteiger partial charge in [0.15, 0.2) is 0 Å². The van der Waals surface area contributed by atoms with Gasteiger partial charge < -0.3 is 4.74 Å². The van der Waals surface area contributed by atoms with E-state index in [1.807, 2.05) is 28.9 Å². The molecule has 0 N–H and O–H groups in total. The van der Waals surface area contributed by atoms with Gasteiger partial charge >= 0.3 is 0 Å². The van der Waals surface area contributed by atoms with Gasteiger partial charge in [-0.15, -0.1) is 0 Å². The molecule has 4 heteroatoms. The number of halogens is 1. The normalized spacial score (nSPS) is 16.1. The summed E-state index contributed by atoms with van der Waals surface area (Å²) in [5.74, 6) is 0.941. The number of imidazole rings is 1. The molecule has 3 nitrogen and oxygen atoms in total. The van der Waals surface area contributed by atoms with Crippen LogP contribution in [0.5, 0.6) is 5.75 Å². The lowest BCUT2D eigenvalue weighted by atomic mass is 10.4. The molecule has 2 aromatic rings. The smallest absolute Gasteiger partial charge is 0.137 e. The summed E-state index contributed by atoms with van der Waals surface area (Å²) in [4.78, 5) is 4.25. The molecule has 0 unspecified atom stereocenters. The summed E-state index contributed by atoms with van der Waals surface area (Å²) < 4.78 is 8.86. The minimum absolute atomic E-state index is 0.452. The van der Waals surface area contributed by atoms with E-state index in [1.54, 1.807) is 0 Å². The Kier molecular flexibility index (Phi) is 1.90. The molecule has 0 aliphatic heterocycles. The first-order chi connectivity index (χ1) is 6.83. The van der Waals surface area contributed by atoms with Gasteiger partial charge in [-0.3, -0.25) is 4.40 Å². The number of aromatic nitrogens is 2. The molecule has 0 amide bonds. The van der Waals surface area contributed by atoms with Gasteiger partial charge in [0, 0.05) is 0 Å². The fourth-order valence-corrected chi connectivity index (χ4v) is 1.91. The molecule has 1 saturated carbocycles. The standard InChI is InChI=1S/C10H9IN2O/c11-9-5-12-10-4-3-8(6-13(9)10)14-7-1-2-7/h3-7H,1-2H2. The SMILES string of the molecule is Ic1cnc2ccc(OC3CC3)cn12. The molecule has 1 fully saturated rings. The molecule has 0 saturated heterocycles. The molecule has 0 aromatic carbocycles. The minimum atomic E-state index is 0.452. The van der Waals surface area contributed by atoms with E-state index in [9.17, 15) is 0 Å². The van der Waals surface area contributed by atoms with Crippen LogP contribution in [0.1, 0.15) is 12.8 Å². The van der Waals surface area contributed by atoms with Crippen LogP contribution in [-0.2, 0) is 0 Å². The van der Waals surface area contributed by atoms with E-state index >= 15 is 0 Å². The zero-order valence-electron chi connectivity index (χ0n) is 7.48. The fourth-order valence-electron chi connectivity index (χ4n) is 1.38. The summed E-state index contributed by atoms with van der Waals surface area (Å²) in [7, 11) is 0. The molecule has 0 bridgehead atoms. The third-order valence-electron chi connectivity index (χ3n) is 2.26. The lowest BCUT2D eigenvalue weighted by molar-refractivity contribution is 0.301. The first kappa shape index (κ1) is 8.52. The van der Waals surface area contributed by atoms with Crippen molar-refractivity contribution in [1.82, 2.24) is 9.38 Å². The van der Waals surface area contributed by atoms with Crippen LogP contribution in [0.4, 0.5) is 0 Å². The molecular weight excluding hydrogens is 291 g/mol. The first-order valence-corrected chi connectivity index (χ1v) is 5.70. The Morgan fingerprint density at radius 1 is 1.43 bits per heavy atom. The maximum atomic E-state index is 5.71. The maximum absolute atomic E-state index is 5.71. The first-order valence-electron chi connectivity index (χ1n) is 4.62. The molecular formula is C10H9IN2O. The topological polar surface area (TPSA) is 26.5 Å². The number of fused-ring (bicyclic) bond motifs is 1. The molecule has 1 aliphatic rings. The average Bonchev–Trinajstić information content (AvgIpc) is 2.92. The van der Waals surface area contributed by atoms with Crippen molar-refractivity contribution in [1.29, 1.82) is 0 Å². The monoisotopic (exact) mass is 300 g/mol. The average molecular weight is 300 g/mol. The number of nitrogens with zero attached hydrogens (tertiary/aromatic N) is 2. The van der Waals surface area contributed by atoms with Gasteiger partial charge in [0.05, 0.1) is 18.5 Å². The van der Waals surface area contributed by atoms with E-state index in [-0.39, 0.29) is 0 Å². The van der Waals surface area contributed by atoms with E-state index in [1.165, 1.54) is 12.8 Å². The number of rotatable bonds is 2. The van der Waals surface area contributed by atoms with Crippen molar-refractivity contribution >= 4 is 28.2 Å². The maximum Gasteiger partial charge on any atom is 0.137 e. The van der Waals surface area contributed by atoms with E-state index in [0.717, 1.165) is 15.1 Å². The Morgan fingerprint density at radius 2 is 2.29 bits per heavy atom. The molecule has 0 spiro atoms. The lowest BCUT2D eigenvalue weighted by Crippen LogP contribution is -1.97. The molecule has 2 aromatic heterocycles. The Labute approximate surface area is 95.2 Å². The quantitative estimate of drug-likeness (QED) is 0.797. The highest BCUT2D eigenvalue weighted by molar-refractivity contribution is 14.1. The summed E-state index contributed by atoms with van der Waals surface area (Å²) in [6, 6.07) is 3.97. The largest absolute Gasteiger partial charge is 0.489 e. The lowest BCUT2D eigenvalue weighted by Gasteiger charge is -2.04. The Balaban J connectivity index is 2.03. The fraction of sp³-hybridized carbons (Fsp3) is 0.300. The van der Waals surface area contributed by atoms with Crippen LogP contribution < -0.4 is 4.74 Å². The molecule has 0 atom stereocenters. The second kappa shape index (κ2) is 3.12. The molecule has 2 heterocycles. The van der Waals surface area contributed by atoms with E-state index < -0.39 is 0 Å². The van der Waals surface area contributed by atoms with Crippen LogP contribution >= 0.6 is 22.6 Å². The predicted octanol–water partition coefficient (Wildman–Crippen LogP) is 2.48. The second-order valence-electron chi connectivity index (χ2n) is 3.49. The zero-order valence-corrected chi connectivity index (χ0v) is 9.64. The van der Waals surface area contributed by atoms with E-state index in [2.05, 4.69) is 27.6 Å². The summed E-state index contributed by atoms with van der Waals surface area (Å²) in [6.07, 6.45) is 6.70.